The van der Waals surface area contributed by atoms with Gasteiger partial charge >= 0.3 is 0 Å². The summed E-state index contributed by atoms with van der Waals surface area (Å²) >= 11 is 3.59. The summed E-state index contributed by atoms with van der Waals surface area (Å²) in [5.41, 5.74) is 17.4. The van der Waals surface area contributed by atoms with Crippen molar-refractivity contribution in [1.29, 1.82) is 0 Å². The monoisotopic (exact) mass is 691 g/mol. The fourth-order valence-corrected chi connectivity index (χ4v) is 10.3. The van der Waals surface area contributed by atoms with Crippen molar-refractivity contribution < 1.29 is 4.74 Å². The number of methoxy groups -OCH3 is 1. The van der Waals surface area contributed by atoms with Gasteiger partial charge in [-0.05, 0) is 120 Å². The molecule has 3 aromatic rings. The number of halogens is 1. The smallest absolute Gasteiger partial charge is 0.119 e. The van der Waals surface area contributed by atoms with Crippen molar-refractivity contribution in [2.24, 2.45) is 5.73 Å². The Labute approximate surface area is 292 Å². The fraction of sp³-hybridized carbons (Fsp3) is 0.500. The molecule has 3 aromatic carbocycles. The Morgan fingerprint density at radius 2 is 1.19 bits per heavy atom. The Kier molecular flexibility index (Phi) is 9.86. The van der Waals surface area contributed by atoms with Crippen LogP contribution in [0.15, 0.2) is 71.2 Å². The van der Waals surface area contributed by atoms with Crippen LogP contribution in [0.25, 0.3) is 12.2 Å². The number of aryl methyl sites for hydroxylation is 1. The topological polar surface area (TPSA) is 35.2 Å². The van der Waals surface area contributed by atoms with Gasteiger partial charge in [-0.25, -0.2) is 0 Å². The quantitative estimate of drug-likeness (QED) is 0.290. The van der Waals surface area contributed by atoms with E-state index in [0.29, 0.717) is 22.8 Å². The molecule has 0 aliphatic heterocycles. The Hall–Kier alpha value is -2.62. The Balaban J connectivity index is 0.000000112. The Morgan fingerprint density at radius 1 is 0.617 bits per heavy atom. The minimum atomic E-state index is 0.335. The molecular formula is C44H54BrNO. The lowest BCUT2D eigenvalue weighted by atomic mass is 9.70. The number of hydrogen-bond acceptors (Lipinski definition) is 2. The zero-order valence-electron chi connectivity index (χ0n) is 28.6. The molecular weight excluding hydrogens is 638 g/mol. The molecule has 0 unspecified atom stereocenters. The molecule has 9 rings (SSSR count). The summed E-state index contributed by atoms with van der Waals surface area (Å²) in [6, 6.07) is 20.1. The average Bonchev–Trinajstić information content (AvgIpc) is 3.77. The van der Waals surface area contributed by atoms with Crippen LogP contribution in [0, 0.1) is 0 Å². The third-order valence-electron chi connectivity index (χ3n) is 12.7. The van der Waals surface area contributed by atoms with Gasteiger partial charge in [0.1, 0.15) is 5.75 Å². The van der Waals surface area contributed by atoms with E-state index in [9.17, 15) is 0 Å². The molecule has 0 bridgehead atoms. The van der Waals surface area contributed by atoms with Gasteiger partial charge in [-0.1, -0.05) is 128 Å². The number of hydrogen-bond donors (Lipinski definition) is 1. The summed E-state index contributed by atoms with van der Waals surface area (Å²) in [4.78, 5) is 0. The molecule has 2 nitrogen and oxygen atoms in total. The summed E-state index contributed by atoms with van der Waals surface area (Å²) in [6.07, 6.45) is 32.9. The first kappa shape index (κ1) is 32.9. The van der Waals surface area contributed by atoms with Crippen molar-refractivity contribution in [2.75, 3.05) is 7.11 Å². The maximum atomic E-state index is 5.76. The minimum absolute atomic E-state index is 0.335. The maximum absolute atomic E-state index is 5.76. The molecule has 0 saturated heterocycles. The van der Waals surface area contributed by atoms with Crippen LogP contribution in [0.3, 0.4) is 0 Å². The van der Waals surface area contributed by atoms with Crippen molar-refractivity contribution in [1.82, 2.24) is 0 Å². The molecule has 0 aromatic heterocycles. The standard InChI is InChI=1S/C15H21N.C15H18O.C14H15Br/c16-11-12-4-5-13-6-9-15(14(13)10-12)7-2-1-3-8-15;1-16-13-6-5-12-7-10-15(14(12)11-13)8-3-2-4-9-15;15-12-5-4-11-6-9-14(13(11)10-12)7-2-1-3-8-14/h4-5,10H,1-3,6-9,11,16H2;5-7,10-11H,2-4,8-9H2,1H3;4-6,9-10H,1-3,7-8H2. The van der Waals surface area contributed by atoms with Crippen LogP contribution in [0.5, 0.6) is 5.75 Å². The Bertz CT molecular complexity index is 1600. The SMILES string of the molecule is Brc1ccc2c(c1)C1(C=C2)CCCCC1.COc1ccc2c(c1)C1(C=C2)CCCCC1.NCc1ccc2c(c1)C1(CCCCC1)CC2. The lowest BCUT2D eigenvalue weighted by Crippen LogP contribution is -2.26. The second-order valence-electron chi connectivity index (χ2n) is 15.3. The van der Waals surface area contributed by atoms with Gasteiger partial charge in [-0.15, -0.1) is 0 Å². The van der Waals surface area contributed by atoms with E-state index in [1.807, 2.05) is 0 Å². The average molecular weight is 693 g/mol. The van der Waals surface area contributed by atoms with Gasteiger partial charge in [-0.2, -0.15) is 0 Å². The second-order valence-corrected chi connectivity index (χ2v) is 16.2. The van der Waals surface area contributed by atoms with E-state index in [1.54, 1.807) is 23.8 Å². The molecule has 6 aliphatic rings. The zero-order valence-corrected chi connectivity index (χ0v) is 30.2. The molecule has 248 valence electrons. The predicted molar refractivity (Wildman–Crippen MR) is 202 cm³/mol. The molecule has 0 radical (unpaired) electrons. The third kappa shape index (κ3) is 6.56. The Morgan fingerprint density at radius 3 is 1.79 bits per heavy atom. The fourth-order valence-electron chi connectivity index (χ4n) is 9.98. The van der Waals surface area contributed by atoms with Gasteiger partial charge in [0.25, 0.3) is 0 Å². The van der Waals surface area contributed by atoms with Crippen LogP contribution in [0.2, 0.25) is 0 Å². The minimum Gasteiger partial charge on any atom is -0.497 e. The van der Waals surface area contributed by atoms with E-state index in [1.165, 1.54) is 136 Å². The summed E-state index contributed by atoms with van der Waals surface area (Å²) < 4.78 is 6.56. The van der Waals surface area contributed by atoms with Gasteiger partial charge in [0.15, 0.2) is 0 Å². The number of allylic oxidation sites excluding steroid dienone is 2. The number of ether oxygens (including phenoxy) is 1. The van der Waals surface area contributed by atoms with Crippen LogP contribution >= 0.6 is 15.9 Å². The van der Waals surface area contributed by atoms with Gasteiger partial charge in [0, 0.05) is 21.8 Å². The second kappa shape index (κ2) is 14.1. The van der Waals surface area contributed by atoms with Crippen LogP contribution in [0.1, 0.15) is 142 Å². The molecule has 3 heteroatoms. The van der Waals surface area contributed by atoms with Gasteiger partial charge < -0.3 is 10.5 Å². The lowest BCUT2D eigenvalue weighted by molar-refractivity contribution is 0.292. The third-order valence-corrected chi connectivity index (χ3v) is 13.2. The first-order valence-corrected chi connectivity index (χ1v) is 19.5. The summed E-state index contributed by atoms with van der Waals surface area (Å²) in [7, 11) is 1.75. The van der Waals surface area contributed by atoms with Crippen LogP contribution in [0.4, 0.5) is 0 Å². The predicted octanol–water partition coefficient (Wildman–Crippen LogP) is 11.9. The highest BCUT2D eigenvalue weighted by molar-refractivity contribution is 9.10. The molecule has 6 aliphatic carbocycles. The normalized spacial score (nSPS) is 21.8. The van der Waals surface area contributed by atoms with Crippen molar-refractivity contribution in [2.45, 2.75) is 132 Å². The lowest BCUT2D eigenvalue weighted by Gasteiger charge is -2.34. The van der Waals surface area contributed by atoms with E-state index in [4.69, 9.17) is 10.5 Å². The first-order valence-electron chi connectivity index (χ1n) is 18.7. The zero-order chi connectivity index (χ0) is 32.3. The van der Waals surface area contributed by atoms with Gasteiger partial charge in [-0.3, -0.25) is 0 Å². The summed E-state index contributed by atoms with van der Waals surface area (Å²) in [5, 5.41) is 0. The van der Waals surface area contributed by atoms with E-state index < -0.39 is 0 Å². The van der Waals surface area contributed by atoms with E-state index in [2.05, 4.69) is 94.8 Å². The number of nitrogens with two attached hydrogens (primary N) is 1. The van der Waals surface area contributed by atoms with Gasteiger partial charge in [0.2, 0.25) is 0 Å². The van der Waals surface area contributed by atoms with Crippen LogP contribution in [-0.2, 0) is 29.2 Å². The van der Waals surface area contributed by atoms with Crippen LogP contribution < -0.4 is 10.5 Å². The van der Waals surface area contributed by atoms with E-state index in [0.717, 1.165) is 5.75 Å². The molecule has 0 amide bonds. The molecule has 0 heterocycles. The largest absolute Gasteiger partial charge is 0.497 e. The maximum Gasteiger partial charge on any atom is 0.119 e. The molecule has 47 heavy (non-hydrogen) atoms. The van der Waals surface area contributed by atoms with Crippen molar-refractivity contribution in [3.05, 3.63) is 110 Å². The number of rotatable bonds is 2. The highest BCUT2D eigenvalue weighted by atomic mass is 79.9. The van der Waals surface area contributed by atoms with Gasteiger partial charge in [0.05, 0.1) is 7.11 Å². The molecule has 2 N–H and O–H groups in total. The van der Waals surface area contributed by atoms with Crippen LogP contribution in [-0.4, -0.2) is 7.11 Å². The molecule has 3 spiro atoms. The van der Waals surface area contributed by atoms with E-state index in [-0.39, 0.29) is 0 Å². The number of benzene rings is 3. The highest BCUT2D eigenvalue weighted by Gasteiger charge is 2.40. The first-order chi connectivity index (χ1) is 23.0. The highest BCUT2D eigenvalue weighted by Crippen LogP contribution is 2.50. The molecule has 0 atom stereocenters. The molecule has 3 saturated carbocycles. The van der Waals surface area contributed by atoms with E-state index >= 15 is 0 Å². The molecule has 3 fully saturated rings. The van der Waals surface area contributed by atoms with Crippen molar-refractivity contribution in [3.63, 3.8) is 0 Å². The van der Waals surface area contributed by atoms with Crippen molar-refractivity contribution in [3.8, 4) is 5.75 Å². The number of fused-ring (bicyclic) bond motifs is 6. The van der Waals surface area contributed by atoms with Crippen molar-refractivity contribution >= 4 is 28.1 Å². The summed E-state index contributed by atoms with van der Waals surface area (Å²) in [6.45, 7) is 0.684. The summed E-state index contributed by atoms with van der Waals surface area (Å²) in [5.74, 6) is 0.993.